The fourth-order valence-corrected chi connectivity index (χ4v) is 4.70. The van der Waals surface area contributed by atoms with Gasteiger partial charge in [0.1, 0.15) is 11.5 Å². The summed E-state index contributed by atoms with van der Waals surface area (Å²) in [4.78, 5) is 38.4. The van der Waals surface area contributed by atoms with Crippen molar-refractivity contribution in [3.05, 3.63) is 68.4 Å². The van der Waals surface area contributed by atoms with Gasteiger partial charge in [-0.05, 0) is 37.1 Å². The molecular formula is C23H21ClN2O6. The van der Waals surface area contributed by atoms with Crippen LogP contribution in [-0.4, -0.2) is 30.8 Å². The number of rotatable bonds is 5. The molecule has 1 heterocycles. The number of nitro benzene ring substituents is 1. The van der Waals surface area contributed by atoms with E-state index in [9.17, 15) is 19.7 Å². The van der Waals surface area contributed by atoms with E-state index in [2.05, 4.69) is 0 Å². The first-order valence-electron chi connectivity index (χ1n) is 10.1. The molecule has 2 aromatic rings. The van der Waals surface area contributed by atoms with Crippen molar-refractivity contribution >= 4 is 34.7 Å². The van der Waals surface area contributed by atoms with E-state index in [-0.39, 0.29) is 28.8 Å². The highest BCUT2D eigenvalue weighted by Crippen LogP contribution is 2.47. The number of carbonyl (C=O) groups is 2. The summed E-state index contributed by atoms with van der Waals surface area (Å²) in [5.74, 6) is 0.402. The number of benzene rings is 2. The normalized spacial score (nSPS) is 18.5. The van der Waals surface area contributed by atoms with Crippen molar-refractivity contribution < 1.29 is 24.0 Å². The Kier molecular flexibility index (Phi) is 5.88. The maximum atomic E-state index is 13.4. The Bertz CT molecular complexity index is 1160. The highest BCUT2D eigenvalue weighted by molar-refractivity contribution is 6.34. The number of hydrogen-bond acceptors (Lipinski definition) is 6. The molecule has 0 fully saturated rings. The number of ketones is 1. The number of amides is 1. The van der Waals surface area contributed by atoms with Gasteiger partial charge in [-0.3, -0.25) is 24.6 Å². The summed E-state index contributed by atoms with van der Waals surface area (Å²) in [7, 11) is 3.09. The molecule has 2 aliphatic rings. The van der Waals surface area contributed by atoms with E-state index in [1.165, 1.54) is 30.2 Å². The quantitative estimate of drug-likeness (QED) is 0.473. The van der Waals surface area contributed by atoms with Crippen LogP contribution in [-0.2, 0) is 9.59 Å². The molecule has 1 unspecified atom stereocenters. The van der Waals surface area contributed by atoms with Gasteiger partial charge in [-0.15, -0.1) is 0 Å². The highest BCUT2D eigenvalue weighted by atomic mass is 35.5. The number of Topliss-reactive ketones (excluding diaryl/α,β-unsaturated/α-hetero) is 1. The van der Waals surface area contributed by atoms with Crippen molar-refractivity contribution in [3.63, 3.8) is 0 Å². The van der Waals surface area contributed by atoms with Crippen LogP contribution in [0.1, 0.15) is 37.2 Å². The summed E-state index contributed by atoms with van der Waals surface area (Å²) in [5.41, 5.74) is 2.01. The predicted octanol–water partition coefficient (Wildman–Crippen LogP) is 4.79. The van der Waals surface area contributed by atoms with Crippen LogP contribution in [0.4, 0.5) is 11.4 Å². The fraction of sp³-hybridized carbons (Fsp3) is 0.304. The molecule has 1 atom stereocenters. The lowest BCUT2D eigenvalue weighted by molar-refractivity contribution is -0.384. The average molecular weight is 457 g/mol. The minimum Gasteiger partial charge on any atom is -0.497 e. The van der Waals surface area contributed by atoms with Gasteiger partial charge in [-0.25, -0.2) is 0 Å². The van der Waals surface area contributed by atoms with E-state index < -0.39 is 10.8 Å². The van der Waals surface area contributed by atoms with Crippen LogP contribution < -0.4 is 14.4 Å². The van der Waals surface area contributed by atoms with Crippen LogP contribution in [0.5, 0.6) is 11.5 Å². The Morgan fingerprint density at radius 2 is 1.88 bits per heavy atom. The zero-order valence-electron chi connectivity index (χ0n) is 17.6. The standard InChI is InChI=1S/C23H21ClN2O6/c1-31-14-7-9-21(32-2)15(11-14)16-12-22(28)25(19-4-3-5-20(27)23(16)19)18-8-6-13(26(29)30)10-17(18)24/h6-11,16H,3-5,12H2,1-2H3. The van der Waals surface area contributed by atoms with Gasteiger partial charge in [0, 0.05) is 47.7 Å². The Balaban J connectivity index is 1.88. The molecule has 1 aliphatic heterocycles. The van der Waals surface area contributed by atoms with Crippen LogP contribution >= 0.6 is 11.6 Å². The summed E-state index contributed by atoms with van der Waals surface area (Å²) >= 11 is 6.34. The summed E-state index contributed by atoms with van der Waals surface area (Å²) < 4.78 is 10.9. The minimum absolute atomic E-state index is 0.0292. The van der Waals surface area contributed by atoms with E-state index >= 15 is 0 Å². The van der Waals surface area contributed by atoms with Crippen LogP contribution in [0, 0.1) is 10.1 Å². The van der Waals surface area contributed by atoms with Crippen molar-refractivity contribution in [2.45, 2.75) is 31.6 Å². The van der Waals surface area contributed by atoms with E-state index in [0.717, 1.165) is 0 Å². The lowest BCUT2D eigenvalue weighted by atomic mass is 9.76. The molecule has 0 bridgehead atoms. The van der Waals surface area contributed by atoms with Crippen LogP contribution in [0.3, 0.4) is 0 Å². The number of hydrogen-bond donors (Lipinski definition) is 0. The largest absolute Gasteiger partial charge is 0.497 e. The molecule has 0 saturated carbocycles. The lowest BCUT2D eigenvalue weighted by Gasteiger charge is -2.38. The second-order valence-corrected chi connectivity index (χ2v) is 8.03. The Labute approximate surface area is 189 Å². The van der Waals surface area contributed by atoms with Gasteiger partial charge in [0.25, 0.3) is 5.69 Å². The number of methoxy groups -OCH3 is 2. The molecule has 0 N–H and O–H groups in total. The van der Waals surface area contributed by atoms with Gasteiger partial charge in [0.2, 0.25) is 5.91 Å². The smallest absolute Gasteiger partial charge is 0.271 e. The number of non-ortho nitro benzene ring substituents is 1. The van der Waals surface area contributed by atoms with Crippen molar-refractivity contribution in [3.8, 4) is 11.5 Å². The summed E-state index contributed by atoms with van der Waals surface area (Å²) in [5, 5.41) is 11.2. The minimum atomic E-state index is -0.548. The number of nitro groups is 1. The van der Waals surface area contributed by atoms with E-state index in [1.807, 2.05) is 0 Å². The highest BCUT2D eigenvalue weighted by Gasteiger charge is 2.41. The zero-order valence-corrected chi connectivity index (χ0v) is 18.3. The lowest BCUT2D eigenvalue weighted by Crippen LogP contribution is -2.40. The van der Waals surface area contributed by atoms with Crippen molar-refractivity contribution in [1.29, 1.82) is 0 Å². The van der Waals surface area contributed by atoms with Gasteiger partial charge in [0.15, 0.2) is 5.78 Å². The number of nitrogens with zero attached hydrogens (tertiary/aromatic N) is 2. The summed E-state index contributed by atoms with van der Waals surface area (Å²) in [6.07, 6.45) is 1.54. The first kappa shape index (κ1) is 21.8. The number of allylic oxidation sites excluding steroid dienone is 2. The molecule has 166 valence electrons. The molecule has 0 aromatic heterocycles. The molecule has 4 rings (SSSR count). The van der Waals surface area contributed by atoms with Crippen molar-refractivity contribution in [1.82, 2.24) is 0 Å². The fourth-order valence-electron chi connectivity index (χ4n) is 4.44. The summed E-state index contributed by atoms with van der Waals surface area (Å²) in [6.45, 7) is 0. The Morgan fingerprint density at radius 3 is 2.53 bits per heavy atom. The molecule has 9 heteroatoms. The maximum absolute atomic E-state index is 13.4. The molecule has 0 spiro atoms. The molecule has 1 aliphatic carbocycles. The van der Waals surface area contributed by atoms with E-state index in [4.69, 9.17) is 21.1 Å². The number of ether oxygens (including phenoxy) is 2. The average Bonchev–Trinajstić information content (AvgIpc) is 2.78. The third kappa shape index (κ3) is 3.71. The van der Waals surface area contributed by atoms with Crippen molar-refractivity contribution in [2.75, 3.05) is 19.1 Å². The third-order valence-corrected chi connectivity index (χ3v) is 6.17. The molecular weight excluding hydrogens is 436 g/mol. The Morgan fingerprint density at radius 1 is 1.09 bits per heavy atom. The Hall–Kier alpha value is -3.39. The van der Waals surface area contributed by atoms with Gasteiger partial charge in [-0.1, -0.05) is 11.6 Å². The molecule has 8 nitrogen and oxygen atoms in total. The SMILES string of the molecule is COc1ccc(OC)c(C2CC(=O)N(c3ccc([N+](=O)[O-])cc3Cl)C3=C2C(=O)CCC3)c1. The molecule has 2 aromatic carbocycles. The number of halogens is 1. The van der Waals surface area contributed by atoms with Crippen LogP contribution in [0.15, 0.2) is 47.7 Å². The first-order valence-corrected chi connectivity index (χ1v) is 10.5. The second kappa shape index (κ2) is 8.63. The number of carbonyl (C=O) groups excluding carboxylic acids is 2. The molecule has 0 saturated heterocycles. The summed E-state index contributed by atoms with van der Waals surface area (Å²) in [6, 6.07) is 9.27. The van der Waals surface area contributed by atoms with Crippen molar-refractivity contribution in [2.24, 2.45) is 0 Å². The van der Waals surface area contributed by atoms with Gasteiger partial charge < -0.3 is 9.47 Å². The zero-order chi connectivity index (χ0) is 23.0. The maximum Gasteiger partial charge on any atom is 0.271 e. The molecule has 1 amide bonds. The molecule has 0 radical (unpaired) electrons. The monoisotopic (exact) mass is 456 g/mol. The van der Waals surface area contributed by atoms with Gasteiger partial charge >= 0.3 is 0 Å². The number of anilines is 1. The van der Waals surface area contributed by atoms with Gasteiger partial charge in [0.05, 0.1) is 29.9 Å². The first-order chi connectivity index (χ1) is 15.3. The third-order valence-electron chi connectivity index (χ3n) is 5.87. The topological polar surface area (TPSA) is 99.0 Å². The predicted molar refractivity (Wildman–Crippen MR) is 118 cm³/mol. The van der Waals surface area contributed by atoms with E-state index in [1.54, 1.807) is 25.3 Å². The van der Waals surface area contributed by atoms with E-state index in [0.29, 0.717) is 53.3 Å². The van der Waals surface area contributed by atoms with Gasteiger partial charge in [-0.2, -0.15) is 0 Å². The van der Waals surface area contributed by atoms with Crippen LogP contribution in [0.25, 0.3) is 0 Å². The van der Waals surface area contributed by atoms with Crippen LogP contribution in [0.2, 0.25) is 5.02 Å². The molecule has 32 heavy (non-hydrogen) atoms. The second-order valence-electron chi connectivity index (χ2n) is 7.62.